The van der Waals surface area contributed by atoms with Gasteiger partial charge in [-0.05, 0) is 43.7 Å². The number of hydrogen-bond acceptors (Lipinski definition) is 4. The zero-order chi connectivity index (χ0) is 16.1. The lowest BCUT2D eigenvalue weighted by molar-refractivity contribution is 0.268. The maximum Gasteiger partial charge on any atom is 0.227 e. The summed E-state index contributed by atoms with van der Waals surface area (Å²) in [6, 6.07) is 16.0. The van der Waals surface area contributed by atoms with Gasteiger partial charge >= 0.3 is 0 Å². The number of benzene rings is 2. The van der Waals surface area contributed by atoms with E-state index < -0.39 is 8.38 Å². The van der Waals surface area contributed by atoms with Crippen LogP contribution < -0.4 is 0 Å². The van der Waals surface area contributed by atoms with Crippen molar-refractivity contribution in [2.45, 2.75) is 20.0 Å². The van der Waals surface area contributed by atoms with Crippen LogP contribution in [0, 0.1) is 0 Å². The summed E-state index contributed by atoms with van der Waals surface area (Å²) in [6.07, 6.45) is 0.796. The molecular formula is C18H20NO3P. The molecule has 0 spiro atoms. The van der Waals surface area contributed by atoms with Gasteiger partial charge < -0.3 is 13.5 Å². The van der Waals surface area contributed by atoms with Gasteiger partial charge in [0.05, 0.1) is 13.2 Å². The fraction of sp³-hybridized carbons (Fsp3) is 0.278. The van der Waals surface area contributed by atoms with Crippen molar-refractivity contribution in [2.24, 2.45) is 0 Å². The average molecular weight is 329 g/mol. The van der Waals surface area contributed by atoms with Crippen molar-refractivity contribution in [1.82, 2.24) is 4.98 Å². The summed E-state index contributed by atoms with van der Waals surface area (Å²) in [5.41, 5.74) is 3.85. The SMILES string of the molecule is CCOP(Cc1ccc(-c2nc3ccccc3o2)cc1)OCC. The lowest BCUT2D eigenvalue weighted by atomic mass is 10.1. The zero-order valence-electron chi connectivity index (χ0n) is 13.4. The summed E-state index contributed by atoms with van der Waals surface area (Å²) in [7, 11) is -0.856. The number of fused-ring (bicyclic) bond motifs is 1. The van der Waals surface area contributed by atoms with Gasteiger partial charge in [0.25, 0.3) is 0 Å². The molecule has 0 aliphatic rings. The first kappa shape index (κ1) is 16.1. The summed E-state index contributed by atoms with van der Waals surface area (Å²) in [5, 5.41) is 0. The number of aromatic nitrogens is 1. The van der Waals surface area contributed by atoms with Crippen LogP contribution in [0.4, 0.5) is 0 Å². The Morgan fingerprint density at radius 1 is 0.957 bits per heavy atom. The maximum atomic E-state index is 5.80. The zero-order valence-corrected chi connectivity index (χ0v) is 14.3. The molecule has 1 heterocycles. The van der Waals surface area contributed by atoms with Gasteiger partial charge in [-0.25, -0.2) is 4.98 Å². The molecule has 0 bridgehead atoms. The Morgan fingerprint density at radius 3 is 2.30 bits per heavy atom. The Labute approximate surface area is 137 Å². The van der Waals surface area contributed by atoms with Gasteiger partial charge in [0.15, 0.2) is 14.0 Å². The van der Waals surface area contributed by atoms with Gasteiger partial charge in [0.2, 0.25) is 5.89 Å². The van der Waals surface area contributed by atoms with E-state index in [4.69, 9.17) is 13.5 Å². The third kappa shape index (κ3) is 3.97. The number of rotatable bonds is 7. The highest BCUT2D eigenvalue weighted by Crippen LogP contribution is 2.42. The summed E-state index contributed by atoms with van der Waals surface area (Å²) in [5.74, 6) is 0.648. The third-order valence-corrected chi connectivity index (χ3v) is 5.07. The van der Waals surface area contributed by atoms with Crippen LogP contribution in [0.15, 0.2) is 52.9 Å². The van der Waals surface area contributed by atoms with Crippen molar-refractivity contribution in [3.8, 4) is 11.5 Å². The molecule has 0 N–H and O–H groups in total. The first-order valence-corrected chi connectivity index (χ1v) is 9.14. The fourth-order valence-corrected chi connectivity index (χ4v) is 3.66. The van der Waals surface area contributed by atoms with E-state index in [0.717, 1.165) is 22.8 Å². The Kier molecular flexibility index (Phi) is 5.39. The first-order chi connectivity index (χ1) is 11.3. The predicted octanol–water partition coefficient (Wildman–Crippen LogP) is 5.38. The number of oxazole rings is 1. The topological polar surface area (TPSA) is 44.5 Å². The lowest BCUT2D eigenvalue weighted by Crippen LogP contribution is -1.94. The highest BCUT2D eigenvalue weighted by atomic mass is 31.2. The molecule has 0 amide bonds. The van der Waals surface area contributed by atoms with Crippen LogP contribution in [0.25, 0.3) is 22.6 Å². The number of hydrogen-bond donors (Lipinski definition) is 0. The van der Waals surface area contributed by atoms with Gasteiger partial charge in [-0.15, -0.1) is 0 Å². The molecule has 1 aromatic heterocycles. The Bertz CT molecular complexity index is 715. The predicted molar refractivity (Wildman–Crippen MR) is 93.3 cm³/mol. The van der Waals surface area contributed by atoms with Gasteiger partial charge in [0.1, 0.15) is 5.52 Å². The van der Waals surface area contributed by atoms with E-state index in [2.05, 4.69) is 17.1 Å². The molecule has 0 aliphatic heterocycles. The molecule has 0 fully saturated rings. The minimum absolute atomic E-state index is 0.648. The third-order valence-electron chi connectivity index (χ3n) is 3.35. The monoisotopic (exact) mass is 329 g/mol. The molecule has 5 heteroatoms. The van der Waals surface area contributed by atoms with Gasteiger partial charge in [-0.1, -0.05) is 24.3 Å². The molecule has 120 valence electrons. The van der Waals surface area contributed by atoms with E-state index in [9.17, 15) is 0 Å². The van der Waals surface area contributed by atoms with E-state index in [0.29, 0.717) is 19.1 Å². The van der Waals surface area contributed by atoms with Crippen molar-refractivity contribution in [1.29, 1.82) is 0 Å². The Morgan fingerprint density at radius 2 is 1.65 bits per heavy atom. The second kappa shape index (κ2) is 7.69. The van der Waals surface area contributed by atoms with Crippen LogP contribution in [0.5, 0.6) is 0 Å². The molecule has 0 aliphatic carbocycles. The van der Waals surface area contributed by atoms with Crippen LogP contribution >= 0.6 is 8.38 Å². The van der Waals surface area contributed by atoms with Crippen LogP contribution in [-0.2, 0) is 15.2 Å². The molecule has 0 atom stereocenters. The quantitative estimate of drug-likeness (QED) is 0.546. The standard InChI is InChI=1S/C18H20NO3P/c1-3-20-23(21-4-2)13-14-9-11-15(12-10-14)18-19-16-7-5-6-8-17(16)22-18/h5-12H,3-4,13H2,1-2H3. The normalized spacial score (nSPS) is 11.4. The van der Waals surface area contributed by atoms with Crippen LogP contribution in [0.2, 0.25) is 0 Å². The second-order valence-corrected chi connectivity index (χ2v) is 6.51. The minimum atomic E-state index is -0.856. The molecule has 3 rings (SSSR count). The minimum Gasteiger partial charge on any atom is -0.436 e. The van der Waals surface area contributed by atoms with Crippen molar-refractivity contribution >= 4 is 19.5 Å². The Balaban J connectivity index is 1.75. The number of nitrogens with zero attached hydrogens (tertiary/aromatic N) is 1. The Hall–Kier alpha value is -1.74. The van der Waals surface area contributed by atoms with Crippen LogP contribution in [-0.4, -0.2) is 18.2 Å². The van der Waals surface area contributed by atoms with Crippen molar-refractivity contribution < 1.29 is 13.5 Å². The highest BCUT2D eigenvalue weighted by Gasteiger charge is 2.12. The van der Waals surface area contributed by atoms with Gasteiger partial charge in [-0.2, -0.15) is 0 Å². The molecule has 23 heavy (non-hydrogen) atoms. The van der Waals surface area contributed by atoms with Crippen LogP contribution in [0.3, 0.4) is 0 Å². The molecular weight excluding hydrogens is 309 g/mol. The first-order valence-electron chi connectivity index (χ1n) is 7.78. The molecule has 0 radical (unpaired) electrons. The molecule has 2 aromatic carbocycles. The van der Waals surface area contributed by atoms with Crippen molar-refractivity contribution in [3.05, 3.63) is 54.1 Å². The smallest absolute Gasteiger partial charge is 0.227 e. The van der Waals surface area contributed by atoms with E-state index in [1.54, 1.807) is 0 Å². The molecule has 0 unspecified atom stereocenters. The van der Waals surface area contributed by atoms with E-state index in [1.807, 2.05) is 50.2 Å². The molecule has 3 aromatic rings. The van der Waals surface area contributed by atoms with E-state index in [1.165, 1.54) is 5.56 Å². The van der Waals surface area contributed by atoms with E-state index >= 15 is 0 Å². The van der Waals surface area contributed by atoms with Crippen molar-refractivity contribution in [2.75, 3.05) is 13.2 Å². The highest BCUT2D eigenvalue weighted by molar-refractivity contribution is 7.46. The van der Waals surface area contributed by atoms with Crippen LogP contribution in [0.1, 0.15) is 19.4 Å². The van der Waals surface area contributed by atoms with Crippen molar-refractivity contribution in [3.63, 3.8) is 0 Å². The molecule has 0 saturated heterocycles. The number of para-hydroxylation sites is 2. The fourth-order valence-electron chi connectivity index (χ4n) is 2.31. The van der Waals surface area contributed by atoms with Gasteiger partial charge in [0, 0.05) is 11.7 Å². The summed E-state index contributed by atoms with van der Waals surface area (Å²) in [6.45, 7) is 5.33. The largest absolute Gasteiger partial charge is 0.436 e. The van der Waals surface area contributed by atoms with Gasteiger partial charge in [-0.3, -0.25) is 0 Å². The summed E-state index contributed by atoms with van der Waals surface area (Å²) < 4.78 is 17.1. The second-order valence-electron chi connectivity index (χ2n) is 5.01. The maximum absolute atomic E-state index is 5.80. The average Bonchev–Trinajstić information content (AvgIpc) is 3.00. The van der Waals surface area contributed by atoms with E-state index in [-0.39, 0.29) is 0 Å². The lowest BCUT2D eigenvalue weighted by Gasteiger charge is -2.15. The summed E-state index contributed by atoms with van der Waals surface area (Å²) in [4.78, 5) is 4.52. The molecule has 0 saturated carbocycles. The molecule has 4 nitrogen and oxygen atoms in total. The summed E-state index contributed by atoms with van der Waals surface area (Å²) >= 11 is 0.